The lowest BCUT2D eigenvalue weighted by Gasteiger charge is -2.06. The average molecular weight is 247 g/mol. The third kappa shape index (κ3) is 1.90. The molecule has 0 spiro atoms. The van der Waals surface area contributed by atoms with Crippen LogP contribution in [0, 0.1) is 19.7 Å². The third-order valence-corrected chi connectivity index (χ3v) is 3.22. The maximum Gasteiger partial charge on any atom is 0.337 e. The molecule has 0 aliphatic heterocycles. The van der Waals surface area contributed by atoms with E-state index in [1.165, 1.54) is 6.07 Å². The van der Waals surface area contributed by atoms with Crippen molar-refractivity contribution in [1.82, 2.24) is 4.57 Å². The summed E-state index contributed by atoms with van der Waals surface area (Å²) in [6.45, 7) is 3.44. The molecule has 2 aromatic rings. The van der Waals surface area contributed by atoms with Gasteiger partial charge in [-0.2, -0.15) is 0 Å². The third-order valence-electron chi connectivity index (χ3n) is 3.22. The minimum absolute atomic E-state index is 0.261. The zero-order chi connectivity index (χ0) is 13.4. The Kier molecular flexibility index (Phi) is 2.95. The number of hydrogen-bond donors (Lipinski definition) is 1. The molecule has 1 heterocycles. The number of nitrogens with zero attached hydrogens (tertiary/aromatic N) is 1. The molecule has 0 saturated carbocycles. The number of aromatic carboxylic acids is 1. The highest BCUT2D eigenvalue weighted by atomic mass is 19.1. The van der Waals surface area contributed by atoms with Crippen LogP contribution in [-0.2, 0) is 7.05 Å². The van der Waals surface area contributed by atoms with Crippen LogP contribution in [-0.4, -0.2) is 15.6 Å². The summed E-state index contributed by atoms with van der Waals surface area (Å²) < 4.78 is 15.0. The Hall–Kier alpha value is -2.10. The van der Waals surface area contributed by atoms with E-state index in [0.717, 1.165) is 11.3 Å². The first-order chi connectivity index (χ1) is 8.41. The van der Waals surface area contributed by atoms with Gasteiger partial charge in [0.15, 0.2) is 0 Å². The summed E-state index contributed by atoms with van der Waals surface area (Å²) in [6.07, 6.45) is 0. The van der Waals surface area contributed by atoms with E-state index in [0.29, 0.717) is 11.3 Å². The molecule has 0 amide bonds. The van der Waals surface area contributed by atoms with Gasteiger partial charge in [0.1, 0.15) is 5.82 Å². The van der Waals surface area contributed by atoms with E-state index in [2.05, 4.69) is 0 Å². The van der Waals surface area contributed by atoms with Crippen molar-refractivity contribution in [2.45, 2.75) is 13.8 Å². The molecule has 1 aromatic heterocycles. The van der Waals surface area contributed by atoms with Gasteiger partial charge in [-0.1, -0.05) is 0 Å². The normalized spacial score (nSPS) is 10.7. The van der Waals surface area contributed by atoms with Crippen molar-refractivity contribution < 1.29 is 14.3 Å². The van der Waals surface area contributed by atoms with E-state index < -0.39 is 5.97 Å². The molecule has 1 N–H and O–H groups in total. The number of aryl methyl sites for hydroxylation is 1. The number of halogens is 1. The van der Waals surface area contributed by atoms with E-state index in [9.17, 15) is 9.18 Å². The molecule has 18 heavy (non-hydrogen) atoms. The van der Waals surface area contributed by atoms with Crippen molar-refractivity contribution in [2.24, 2.45) is 7.05 Å². The molecular weight excluding hydrogens is 233 g/mol. The summed E-state index contributed by atoms with van der Waals surface area (Å²) in [4.78, 5) is 11.1. The summed E-state index contributed by atoms with van der Waals surface area (Å²) in [6, 6.07) is 6.39. The fourth-order valence-electron chi connectivity index (χ4n) is 2.00. The van der Waals surface area contributed by atoms with Gasteiger partial charge in [-0.15, -0.1) is 0 Å². The Balaban J connectivity index is 2.61. The van der Waals surface area contributed by atoms with Crippen molar-refractivity contribution in [3.63, 3.8) is 0 Å². The van der Waals surface area contributed by atoms with Gasteiger partial charge in [-0.3, -0.25) is 0 Å². The summed E-state index contributed by atoms with van der Waals surface area (Å²) >= 11 is 0. The fraction of sp³-hybridized carbons (Fsp3) is 0.214. The molecule has 0 aliphatic rings. The van der Waals surface area contributed by atoms with Crippen molar-refractivity contribution in [2.75, 3.05) is 0 Å². The maximum atomic E-state index is 13.2. The van der Waals surface area contributed by atoms with Crippen LogP contribution in [0.5, 0.6) is 0 Å². The lowest BCUT2D eigenvalue weighted by Crippen LogP contribution is -1.99. The van der Waals surface area contributed by atoms with E-state index in [1.54, 1.807) is 43.7 Å². The van der Waals surface area contributed by atoms with Gasteiger partial charge in [0, 0.05) is 18.4 Å². The van der Waals surface area contributed by atoms with Crippen molar-refractivity contribution in [3.8, 4) is 11.3 Å². The zero-order valence-electron chi connectivity index (χ0n) is 10.5. The van der Waals surface area contributed by atoms with E-state index in [-0.39, 0.29) is 11.4 Å². The number of carbonyl (C=O) groups is 1. The second kappa shape index (κ2) is 4.29. The standard InChI is InChI=1S/C14H14FNO2/c1-8-6-10(4-5-12(8)15)13-7-11(14(17)18)9(2)16(13)3/h4-7H,1-3H3,(H,17,18). The molecule has 2 rings (SSSR count). The number of carboxylic acids is 1. The second-order valence-electron chi connectivity index (χ2n) is 4.36. The number of benzene rings is 1. The van der Waals surface area contributed by atoms with Gasteiger partial charge in [0.25, 0.3) is 0 Å². The minimum Gasteiger partial charge on any atom is -0.478 e. The van der Waals surface area contributed by atoms with E-state index in [1.807, 2.05) is 0 Å². The molecule has 94 valence electrons. The van der Waals surface area contributed by atoms with Gasteiger partial charge in [0.2, 0.25) is 0 Å². The Morgan fingerprint density at radius 3 is 2.44 bits per heavy atom. The van der Waals surface area contributed by atoms with Crippen molar-refractivity contribution >= 4 is 5.97 Å². The molecule has 0 aliphatic carbocycles. The quantitative estimate of drug-likeness (QED) is 0.885. The molecule has 0 unspecified atom stereocenters. The number of aromatic nitrogens is 1. The van der Waals surface area contributed by atoms with Gasteiger partial charge in [-0.05, 0) is 49.2 Å². The first kappa shape index (κ1) is 12.4. The lowest BCUT2D eigenvalue weighted by molar-refractivity contribution is 0.0696. The molecule has 0 bridgehead atoms. The second-order valence-corrected chi connectivity index (χ2v) is 4.36. The molecule has 3 nitrogen and oxygen atoms in total. The zero-order valence-corrected chi connectivity index (χ0v) is 10.5. The average Bonchev–Trinajstić information content (AvgIpc) is 2.60. The largest absolute Gasteiger partial charge is 0.478 e. The Labute approximate surface area is 104 Å². The Morgan fingerprint density at radius 2 is 1.94 bits per heavy atom. The van der Waals surface area contributed by atoms with Crippen LogP contribution in [0.2, 0.25) is 0 Å². The number of hydrogen-bond acceptors (Lipinski definition) is 1. The molecular formula is C14H14FNO2. The summed E-state index contributed by atoms with van der Waals surface area (Å²) in [7, 11) is 1.80. The summed E-state index contributed by atoms with van der Waals surface area (Å²) in [5, 5.41) is 9.08. The monoisotopic (exact) mass is 247 g/mol. The first-order valence-electron chi connectivity index (χ1n) is 5.58. The number of rotatable bonds is 2. The van der Waals surface area contributed by atoms with Gasteiger partial charge < -0.3 is 9.67 Å². The molecule has 4 heteroatoms. The SMILES string of the molecule is Cc1cc(-c2cc(C(=O)O)c(C)n2C)ccc1F. The van der Waals surface area contributed by atoms with Crippen LogP contribution in [0.25, 0.3) is 11.3 Å². The van der Waals surface area contributed by atoms with Gasteiger partial charge in [0.05, 0.1) is 5.56 Å². The highest BCUT2D eigenvalue weighted by Gasteiger charge is 2.16. The first-order valence-corrected chi connectivity index (χ1v) is 5.58. The van der Waals surface area contributed by atoms with E-state index >= 15 is 0 Å². The fourth-order valence-corrected chi connectivity index (χ4v) is 2.00. The molecule has 0 radical (unpaired) electrons. The highest BCUT2D eigenvalue weighted by molar-refractivity contribution is 5.91. The van der Waals surface area contributed by atoms with Crippen LogP contribution >= 0.6 is 0 Å². The van der Waals surface area contributed by atoms with Crippen LogP contribution in [0.15, 0.2) is 24.3 Å². The maximum absolute atomic E-state index is 13.2. The molecule has 0 saturated heterocycles. The van der Waals surface area contributed by atoms with Gasteiger partial charge in [-0.25, -0.2) is 9.18 Å². The number of carboxylic acid groups (broad SMARTS) is 1. The summed E-state index contributed by atoms with van der Waals surface area (Å²) in [5.74, 6) is -1.21. The van der Waals surface area contributed by atoms with E-state index in [4.69, 9.17) is 5.11 Å². The van der Waals surface area contributed by atoms with Crippen LogP contribution < -0.4 is 0 Å². The van der Waals surface area contributed by atoms with Crippen molar-refractivity contribution in [1.29, 1.82) is 0 Å². The smallest absolute Gasteiger partial charge is 0.337 e. The Bertz CT molecular complexity index is 629. The summed E-state index contributed by atoms with van der Waals surface area (Å²) in [5.41, 5.74) is 3.08. The van der Waals surface area contributed by atoms with Crippen LogP contribution in [0.1, 0.15) is 21.6 Å². The van der Waals surface area contributed by atoms with Gasteiger partial charge >= 0.3 is 5.97 Å². The predicted molar refractivity (Wildman–Crippen MR) is 67.2 cm³/mol. The van der Waals surface area contributed by atoms with Crippen molar-refractivity contribution in [3.05, 3.63) is 46.9 Å². The highest BCUT2D eigenvalue weighted by Crippen LogP contribution is 2.26. The molecule has 0 fully saturated rings. The minimum atomic E-state index is -0.951. The topological polar surface area (TPSA) is 42.2 Å². The van der Waals surface area contributed by atoms with Crippen LogP contribution in [0.4, 0.5) is 4.39 Å². The Morgan fingerprint density at radius 1 is 1.28 bits per heavy atom. The molecule has 0 atom stereocenters. The predicted octanol–water partition coefficient (Wildman–Crippen LogP) is 3.15. The lowest BCUT2D eigenvalue weighted by atomic mass is 10.1. The van der Waals surface area contributed by atoms with Crippen LogP contribution in [0.3, 0.4) is 0 Å². The molecule has 1 aromatic carbocycles.